The van der Waals surface area contributed by atoms with Crippen LogP contribution in [0.3, 0.4) is 0 Å². The van der Waals surface area contributed by atoms with Crippen LogP contribution in [0.1, 0.15) is 16.7 Å². The molecule has 2 aromatic carbocycles. The SMILES string of the molecule is Cc1ccc(C)c(OCCNS(=O)(=O)Cc2ccccc2)c1. The van der Waals surface area contributed by atoms with E-state index in [0.29, 0.717) is 6.61 Å². The summed E-state index contributed by atoms with van der Waals surface area (Å²) in [6.07, 6.45) is 0. The summed E-state index contributed by atoms with van der Waals surface area (Å²) in [5, 5.41) is 0. The van der Waals surface area contributed by atoms with Gasteiger partial charge in [0.25, 0.3) is 0 Å². The fourth-order valence-corrected chi connectivity index (χ4v) is 3.19. The van der Waals surface area contributed by atoms with Gasteiger partial charge in [-0.1, -0.05) is 42.5 Å². The highest BCUT2D eigenvalue weighted by molar-refractivity contribution is 7.88. The van der Waals surface area contributed by atoms with E-state index >= 15 is 0 Å². The van der Waals surface area contributed by atoms with E-state index in [1.165, 1.54) is 0 Å². The summed E-state index contributed by atoms with van der Waals surface area (Å²) in [5.41, 5.74) is 2.92. The van der Waals surface area contributed by atoms with Crippen LogP contribution < -0.4 is 9.46 Å². The standard InChI is InChI=1S/C17H21NO3S/c1-14-8-9-15(2)17(12-14)21-11-10-18-22(19,20)13-16-6-4-3-5-7-16/h3-9,12,18H,10-11,13H2,1-2H3. The van der Waals surface area contributed by atoms with Crippen molar-refractivity contribution in [3.05, 3.63) is 65.2 Å². The molecule has 118 valence electrons. The van der Waals surface area contributed by atoms with Crippen LogP contribution >= 0.6 is 0 Å². The molecule has 0 heterocycles. The van der Waals surface area contributed by atoms with Gasteiger partial charge in [0, 0.05) is 6.54 Å². The highest BCUT2D eigenvalue weighted by Crippen LogP contribution is 2.18. The van der Waals surface area contributed by atoms with Gasteiger partial charge in [-0.05, 0) is 36.6 Å². The minimum absolute atomic E-state index is 0.0166. The van der Waals surface area contributed by atoms with E-state index in [4.69, 9.17) is 4.74 Å². The second-order valence-corrected chi connectivity index (χ2v) is 7.06. The summed E-state index contributed by atoms with van der Waals surface area (Å²) >= 11 is 0. The highest BCUT2D eigenvalue weighted by Gasteiger charge is 2.10. The van der Waals surface area contributed by atoms with Gasteiger partial charge in [-0.15, -0.1) is 0 Å². The summed E-state index contributed by atoms with van der Waals surface area (Å²) < 4.78 is 32.1. The van der Waals surface area contributed by atoms with Crippen molar-refractivity contribution < 1.29 is 13.2 Å². The second-order valence-electron chi connectivity index (χ2n) is 5.26. The van der Waals surface area contributed by atoms with Gasteiger partial charge in [-0.2, -0.15) is 0 Å². The second kappa shape index (κ2) is 7.42. The quantitative estimate of drug-likeness (QED) is 0.799. The van der Waals surface area contributed by atoms with Gasteiger partial charge in [-0.25, -0.2) is 13.1 Å². The fourth-order valence-electron chi connectivity index (χ4n) is 2.07. The number of aryl methyl sites for hydroxylation is 2. The van der Waals surface area contributed by atoms with Crippen LogP contribution in [-0.2, 0) is 15.8 Å². The molecule has 0 bridgehead atoms. The lowest BCUT2D eigenvalue weighted by molar-refractivity contribution is 0.320. The van der Waals surface area contributed by atoms with Crippen LogP contribution in [0.15, 0.2) is 48.5 Å². The Morgan fingerprint density at radius 1 is 1.05 bits per heavy atom. The highest BCUT2D eigenvalue weighted by atomic mass is 32.2. The molecule has 0 saturated heterocycles. The molecule has 0 radical (unpaired) electrons. The van der Waals surface area contributed by atoms with Crippen molar-refractivity contribution >= 4 is 10.0 Å². The molecule has 2 aromatic rings. The summed E-state index contributed by atoms with van der Waals surface area (Å²) in [4.78, 5) is 0. The number of nitrogens with one attached hydrogen (secondary N) is 1. The third-order valence-electron chi connectivity index (χ3n) is 3.22. The van der Waals surface area contributed by atoms with E-state index in [9.17, 15) is 8.42 Å². The van der Waals surface area contributed by atoms with Crippen molar-refractivity contribution in [1.29, 1.82) is 0 Å². The largest absolute Gasteiger partial charge is 0.492 e. The molecule has 2 rings (SSSR count). The Labute approximate surface area is 132 Å². The molecule has 22 heavy (non-hydrogen) atoms. The first kappa shape index (κ1) is 16.5. The van der Waals surface area contributed by atoms with Crippen molar-refractivity contribution in [3.8, 4) is 5.75 Å². The molecule has 0 spiro atoms. The average Bonchev–Trinajstić information content (AvgIpc) is 2.47. The maximum atomic E-state index is 12.0. The molecule has 4 nitrogen and oxygen atoms in total. The van der Waals surface area contributed by atoms with Gasteiger partial charge in [0.2, 0.25) is 10.0 Å². The van der Waals surface area contributed by atoms with Crippen LogP contribution in [-0.4, -0.2) is 21.6 Å². The molecule has 0 aliphatic rings. The Hall–Kier alpha value is -1.85. The summed E-state index contributed by atoms with van der Waals surface area (Å²) in [7, 11) is -3.34. The number of sulfonamides is 1. The van der Waals surface area contributed by atoms with E-state index in [0.717, 1.165) is 22.4 Å². The molecule has 0 aliphatic heterocycles. The Morgan fingerprint density at radius 2 is 1.77 bits per heavy atom. The Bertz CT molecular complexity index is 712. The third-order valence-corrected chi connectivity index (χ3v) is 4.58. The number of benzene rings is 2. The van der Waals surface area contributed by atoms with Crippen molar-refractivity contribution in [2.45, 2.75) is 19.6 Å². The van der Waals surface area contributed by atoms with E-state index in [1.807, 2.05) is 50.2 Å². The predicted octanol–water partition coefficient (Wildman–Crippen LogP) is 2.80. The summed E-state index contributed by atoms with van der Waals surface area (Å²) in [6.45, 7) is 4.52. The smallest absolute Gasteiger partial charge is 0.215 e. The van der Waals surface area contributed by atoms with Gasteiger partial charge in [0.05, 0.1) is 5.75 Å². The average molecular weight is 319 g/mol. The zero-order valence-electron chi connectivity index (χ0n) is 12.9. The molecule has 0 fully saturated rings. The first-order chi connectivity index (χ1) is 10.5. The lowest BCUT2D eigenvalue weighted by atomic mass is 10.1. The predicted molar refractivity (Wildman–Crippen MR) is 88.5 cm³/mol. The van der Waals surface area contributed by atoms with Crippen molar-refractivity contribution in [1.82, 2.24) is 4.72 Å². The van der Waals surface area contributed by atoms with Gasteiger partial charge in [0.15, 0.2) is 0 Å². The normalized spacial score (nSPS) is 11.4. The van der Waals surface area contributed by atoms with Crippen LogP contribution in [0.2, 0.25) is 0 Å². The Balaban J connectivity index is 1.82. The van der Waals surface area contributed by atoms with Gasteiger partial charge in [-0.3, -0.25) is 0 Å². The third kappa shape index (κ3) is 5.16. The zero-order chi connectivity index (χ0) is 16.0. The number of hydrogen-bond acceptors (Lipinski definition) is 3. The van der Waals surface area contributed by atoms with Crippen LogP contribution in [0.5, 0.6) is 5.75 Å². The lowest BCUT2D eigenvalue weighted by Gasteiger charge is -2.11. The molecule has 1 N–H and O–H groups in total. The minimum Gasteiger partial charge on any atom is -0.492 e. The molecule has 0 unspecified atom stereocenters. The Morgan fingerprint density at radius 3 is 2.50 bits per heavy atom. The fraction of sp³-hybridized carbons (Fsp3) is 0.294. The van der Waals surface area contributed by atoms with E-state index in [1.54, 1.807) is 12.1 Å². The maximum Gasteiger partial charge on any atom is 0.215 e. The molecule has 0 aromatic heterocycles. The minimum atomic E-state index is -3.34. The van der Waals surface area contributed by atoms with E-state index in [2.05, 4.69) is 4.72 Å². The number of ether oxygens (including phenoxy) is 1. The van der Waals surface area contributed by atoms with Crippen molar-refractivity contribution in [2.24, 2.45) is 0 Å². The summed E-state index contributed by atoms with van der Waals surface area (Å²) in [5.74, 6) is 0.777. The molecular formula is C17H21NO3S. The van der Waals surface area contributed by atoms with E-state index < -0.39 is 10.0 Å². The molecule has 0 saturated carbocycles. The first-order valence-corrected chi connectivity index (χ1v) is 8.83. The molecule has 0 amide bonds. The van der Waals surface area contributed by atoms with Crippen molar-refractivity contribution in [3.63, 3.8) is 0 Å². The number of rotatable bonds is 7. The molecule has 0 aliphatic carbocycles. The molecule has 5 heteroatoms. The van der Waals surface area contributed by atoms with Gasteiger partial charge >= 0.3 is 0 Å². The lowest BCUT2D eigenvalue weighted by Crippen LogP contribution is -2.29. The first-order valence-electron chi connectivity index (χ1n) is 7.17. The molecular weight excluding hydrogens is 298 g/mol. The molecule has 0 atom stereocenters. The van der Waals surface area contributed by atoms with Crippen LogP contribution in [0, 0.1) is 13.8 Å². The summed E-state index contributed by atoms with van der Waals surface area (Å²) in [6, 6.07) is 15.1. The van der Waals surface area contributed by atoms with E-state index in [-0.39, 0.29) is 12.3 Å². The van der Waals surface area contributed by atoms with Gasteiger partial charge < -0.3 is 4.74 Å². The zero-order valence-corrected chi connectivity index (χ0v) is 13.7. The van der Waals surface area contributed by atoms with Gasteiger partial charge in [0.1, 0.15) is 12.4 Å². The maximum absolute atomic E-state index is 12.0. The Kier molecular flexibility index (Phi) is 5.57. The number of hydrogen-bond donors (Lipinski definition) is 1. The van der Waals surface area contributed by atoms with Crippen LogP contribution in [0.4, 0.5) is 0 Å². The van der Waals surface area contributed by atoms with Crippen LogP contribution in [0.25, 0.3) is 0 Å². The monoisotopic (exact) mass is 319 g/mol. The topological polar surface area (TPSA) is 55.4 Å². The van der Waals surface area contributed by atoms with Crippen molar-refractivity contribution in [2.75, 3.05) is 13.2 Å².